The number of aromatic nitrogens is 5. The van der Waals surface area contributed by atoms with E-state index in [9.17, 15) is 4.39 Å². The molecule has 0 saturated heterocycles. The minimum atomic E-state index is -0.291. The van der Waals surface area contributed by atoms with Crippen LogP contribution in [0.15, 0.2) is 50.8 Å². The van der Waals surface area contributed by atoms with Crippen LogP contribution < -0.4 is 0 Å². The van der Waals surface area contributed by atoms with Crippen molar-refractivity contribution in [3.05, 3.63) is 52.8 Å². The molecule has 1 aromatic carbocycles. The summed E-state index contributed by atoms with van der Waals surface area (Å²) in [7, 11) is 0. The number of hydrogen-bond acceptors (Lipinski definition) is 7. The van der Waals surface area contributed by atoms with E-state index in [4.69, 9.17) is 4.52 Å². The van der Waals surface area contributed by atoms with Gasteiger partial charge >= 0.3 is 0 Å². The number of benzene rings is 1. The topological polar surface area (TPSA) is 69.6 Å². The molecule has 0 atom stereocenters. The Balaban J connectivity index is 1.39. The first-order valence-electron chi connectivity index (χ1n) is 8.47. The van der Waals surface area contributed by atoms with Gasteiger partial charge < -0.3 is 4.52 Å². The van der Waals surface area contributed by atoms with E-state index >= 15 is 0 Å². The van der Waals surface area contributed by atoms with Gasteiger partial charge in [0.05, 0.1) is 11.3 Å². The van der Waals surface area contributed by atoms with Gasteiger partial charge in [0, 0.05) is 17.0 Å². The maximum absolute atomic E-state index is 14.2. The van der Waals surface area contributed by atoms with Gasteiger partial charge in [-0.3, -0.25) is 4.57 Å². The standard InChI is InChI=1S/C18H14FN5OS2/c19-14-4-2-1-3-13(14)17-21-22-18(24(17)12-5-6-12)27-10-15-20-16(23-25-15)11-7-8-26-9-11/h1-4,7-9,12H,5-6,10H2. The first-order chi connectivity index (χ1) is 13.3. The van der Waals surface area contributed by atoms with Crippen molar-refractivity contribution in [2.75, 3.05) is 0 Å². The first-order valence-corrected chi connectivity index (χ1v) is 10.4. The van der Waals surface area contributed by atoms with Crippen molar-refractivity contribution in [3.63, 3.8) is 0 Å². The molecule has 0 bridgehead atoms. The van der Waals surface area contributed by atoms with Gasteiger partial charge in [0.25, 0.3) is 0 Å². The Morgan fingerprint density at radius 2 is 2.11 bits per heavy atom. The molecular weight excluding hydrogens is 385 g/mol. The van der Waals surface area contributed by atoms with Crippen molar-refractivity contribution >= 4 is 23.1 Å². The van der Waals surface area contributed by atoms with Crippen LogP contribution in [0.4, 0.5) is 4.39 Å². The Hall–Kier alpha value is -2.52. The average molecular weight is 399 g/mol. The molecule has 0 spiro atoms. The summed E-state index contributed by atoms with van der Waals surface area (Å²) in [6.07, 6.45) is 2.10. The Bertz CT molecular complexity index is 1070. The van der Waals surface area contributed by atoms with Crippen LogP contribution in [-0.4, -0.2) is 24.9 Å². The number of nitrogens with zero attached hydrogens (tertiary/aromatic N) is 5. The summed E-state index contributed by atoms with van der Waals surface area (Å²) in [4.78, 5) is 4.43. The van der Waals surface area contributed by atoms with Crippen molar-refractivity contribution in [3.8, 4) is 22.8 Å². The molecule has 9 heteroatoms. The van der Waals surface area contributed by atoms with Gasteiger partial charge in [0.2, 0.25) is 11.7 Å². The zero-order valence-electron chi connectivity index (χ0n) is 14.1. The zero-order chi connectivity index (χ0) is 18.2. The molecule has 1 fully saturated rings. The van der Waals surface area contributed by atoms with Crippen LogP contribution in [0.5, 0.6) is 0 Å². The molecule has 0 aliphatic heterocycles. The maximum atomic E-state index is 14.2. The minimum absolute atomic E-state index is 0.291. The van der Waals surface area contributed by atoms with Crippen LogP contribution in [0.1, 0.15) is 24.8 Å². The minimum Gasteiger partial charge on any atom is -0.338 e. The molecule has 3 aromatic heterocycles. The van der Waals surface area contributed by atoms with E-state index in [1.165, 1.54) is 17.8 Å². The summed E-state index contributed by atoms with van der Waals surface area (Å²) in [5, 5.41) is 17.3. The number of halogens is 1. The van der Waals surface area contributed by atoms with Crippen LogP contribution in [0.2, 0.25) is 0 Å². The van der Waals surface area contributed by atoms with E-state index in [0.29, 0.717) is 34.9 Å². The predicted octanol–water partition coefficient (Wildman–Crippen LogP) is 4.82. The van der Waals surface area contributed by atoms with Crippen LogP contribution >= 0.6 is 23.1 Å². The molecule has 0 unspecified atom stereocenters. The Morgan fingerprint density at radius 3 is 2.89 bits per heavy atom. The monoisotopic (exact) mass is 399 g/mol. The fourth-order valence-corrected chi connectivity index (χ4v) is 4.29. The third-order valence-electron chi connectivity index (χ3n) is 4.26. The lowest BCUT2D eigenvalue weighted by atomic mass is 10.2. The lowest BCUT2D eigenvalue weighted by Crippen LogP contribution is -2.01. The van der Waals surface area contributed by atoms with E-state index < -0.39 is 0 Å². The molecule has 0 amide bonds. The van der Waals surface area contributed by atoms with Crippen molar-refractivity contribution < 1.29 is 8.91 Å². The second-order valence-corrected chi connectivity index (χ2v) is 7.92. The van der Waals surface area contributed by atoms with Gasteiger partial charge in [-0.25, -0.2) is 4.39 Å². The summed E-state index contributed by atoms with van der Waals surface area (Å²) in [5.41, 5.74) is 1.42. The fraction of sp³-hybridized carbons (Fsp3) is 0.222. The largest absolute Gasteiger partial charge is 0.338 e. The van der Waals surface area contributed by atoms with Crippen LogP contribution in [0.25, 0.3) is 22.8 Å². The third-order valence-corrected chi connectivity index (χ3v) is 5.87. The summed E-state index contributed by atoms with van der Waals surface area (Å²) in [6, 6.07) is 8.93. The quantitative estimate of drug-likeness (QED) is 0.433. The normalized spacial score (nSPS) is 14.0. The van der Waals surface area contributed by atoms with E-state index in [2.05, 4.69) is 20.3 Å². The van der Waals surface area contributed by atoms with Gasteiger partial charge in [0.15, 0.2) is 11.0 Å². The molecule has 3 heterocycles. The van der Waals surface area contributed by atoms with Crippen LogP contribution in [0.3, 0.4) is 0 Å². The Morgan fingerprint density at radius 1 is 1.22 bits per heavy atom. The van der Waals surface area contributed by atoms with Crippen molar-refractivity contribution in [2.45, 2.75) is 29.8 Å². The van der Waals surface area contributed by atoms with Gasteiger partial charge in [-0.2, -0.15) is 16.3 Å². The highest BCUT2D eigenvalue weighted by molar-refractivity contribution is 7.98. The Labute approximate surface area is 162 Å². The first kappa shape index (κ1) is 16.6. The highest BCUT2D eigenvalue weighted by Crippen LogP contribution is 2.41. The van der Waals surface area contributed by atoms with E-state index in [1.54, 1.807) is 23.5 Å². The lowest BCUT2D eigenvalue weighted by molar-refractivity contribution is 0.391. The average Bonchev–Trinajstić information content (AvgIpc) is 3.10. The molecule has 136 valence electrons. The maximum Gasteiger partial charge on any atom is 0.237 e. The molecule has 0 radical (unpaired) electrons. The van der Waals surface area contributed by atoms with Crippen LogP contribution in [0, 0.1) is 5.82 Å². The second kappa shape index (κ2) is 6.90. The number of rotatable bonds is 6. The van der Waals surface area contributed by atoms with Gasteiger partial charge in [-0.1, -0.05) is 29.1 Å². The second-order valence-electron chi connectivity index (χ2n) is 6.20. The van der Waals surface area contributed by atoms with Crippen molar-refractivity contribution in [1.82, 2.24) is 24.9 Å². The van der Waals surface area contributed by atoms with Crippen molar-refractivity contribution in [1.29, 1.82) is 0 Å². The molecule has 5 rings (SSSR count). The molecule has 27 heavy (non-hydrogen) atoms. The zero-order valence-corrected chi connectivity index (χ0v) is 15.7. The van der Waals surface area contributed by atoms with E-state index in [-0.39, 0.29) is 5.82 Å². The summed E-state index contributed by atoms with van der Waals surface area (Å²) in [5.74, 6) is 1.88. The van der Waals surface area contributed by atoms with Crippen LogP contribution in [-0.2, 0) is 5.75 Å². The lowest BCUT2D eigenvalue weighted by Gasteiger charge is -2.08. The molecular formula is C18H14FN5OS2. The summed E-state index contributed by atoms with van der Waals surface area (Å²) in [6.45, 7) is 0. The predicted molar refractivity (Wildman–Crippen MR) is 101 cm³/mol. The molecule has 0 N–H and O–H groups in total. The van der Waals surface area contributed by atoms with Crippen molar-refractivity contribution in [2.24, 2.45) is 0 Å². The Kier molecular flexibility index (Phi) is 4.25. The number of thioether (sulfide) groups is 1. The number of thiophene rings is 1. The summed E-state index contributed by atoms with van der Waals surface area (Å²) >= 11 is 3.06. The summed E-state index contributed by atoms with van der Waals surface area (Å²) < 4.78 is 21.6. The highest BCUT2D eigenvalue weighted by Gasteiger charge is 2.31. The van der Waals surface area contributed by atoms with Gasteiger partial charge in [-0.15, -0.1) is 10.2 Å². The fourth-order valence-electron chi connectivity index (χ4n) is 2.81. The number of hydrogen-bond donors (Lipinski definition) is 0. The highest BCUT2D eigenvalue weighted by atomic mass is 32.2. The molecule has 1 aliphatic rings. The van der Waals surface area contributed by atoms with E-state index in [1.807, 2.05) is 27.5 Å². The smallest absolute Gasteiger partial charge is 0.237 e. The molecule has 1 aliphatic carbocycles. The third kappa shape index (κ3) is 3.28. The molecule has 4 aromatic rings. The van der Waals surface area contributed by atoms with Gasteiger partial charge in [0.1, 0.15) is 5.82 Å². The van der Waals surface area contributed by atoms with E-state index in [0.717, 1.165) is 23.6 Å². The molecule has 1 saturated carbocycles. The SMILES string of the molecule is Fc1ccccc1-c1nnc(SCc2nc(-c3ccsc3)no2)n1C1CC1. The van der Waals surface area contributed by atoms with Gasteiger partial charge in [-0.05, 0) is 36.4 Å². The molecule has 6 nitrogen and oxygen atoms in total.